The van der Waals surface area contributed by atoms with Gasteiger partial charge < -0.3 is 20.5 Å². The second-order valence-corrected chi connectivity index (χ2v) is 9.34. The van der Waals surface area contributed by atoms with Gasteiger partial charge in [-0.2, -0.15) is 0 Å². The van der Waals surface area contributed by atoms with Gasteiger partial charge in [-0.25, -0.2) is 9.59 Å². The summed E-state index contributed by atoms with van der Waals surface area (Å²) in [7, 11) is 0. The van der Waals surface area contributed by atoms with Crippen LogP contribution in [0.15, 0.2) is 61.2 Å². The first-order chi connectivity index (χ1) is 16.9. The molecule has 0 spiro atoms. The molecule has 1 atom stereocenters. The topological polar surface area (TPSA) is 105 Å². The van der Waals surface area contributed by atoms with Crippen LogP contribution in [0, 0.1) is 0 Å². The van der Waals surface area contributed by atoms with Crippen LogP contribution >= 0.6 is 0 Å². The number of aliphatic carboxylic acids is 1. The lowest BCUT2D eigenvalue weighted by atomic mass is 9.89. The number of carboxylic acids is 1. The Hall–Kier alpha value is -3.61. The number of rotatable bonds is 8. The van der Waals surface area contributed by atoms with Crippen molar-refractivity contribution in [3.63, 3.8) is 0 Å². The monoisotopic (exact) mass is 476 g/mol. The van der Waals surface area contributed by atoms with E-state index in [-0.39, 0.29) is 18.9 Å². The Balaban J connectivity index is 1.42. The lowest BCUT2D eigenvalue weighted by Crippen LogP contribution is -2.59. The average Bonchev–Trinajstić information content (AvgIpc) is 2.98. The van der Waals surface area contributed by atoms with E-state index in [4.69, 9.17) is 4.74 Å². The van der Waals surface area contributed by atoms with Crippen molar-refractivity contribution in [2.75, 3.05) is 6.61 Å². The second-order valence-electron chi connectivity index (χ2n) is 9.34. The van der Waals surface area contributed by atoms with Crippen LogP contribution in [0.2, 0.25) is 0 Å². The number of ether oxygens (including phenoxy) is 1. The Bertz CT molecular complexity index is 1060. The lowest BCUT2D eigenvalue weighted by molar-refractivity contribution is -0.148. The molecule has 0 saturated heterocycles. The number of fused-ring (bicyclic) bond motifs is 3. The third-order valence-electron chi connectivity index (χ3n) is 7.08. The minimum absolute atomic E-state index is 0.0962. The fourth-order valence-corrected chi connectivity index (χ4v) is 5.23. The highest BCUT2D eigenvalue weighted by atomic mass is 16.5. The maximum Gasteiger partial charge on any atom is 0.407 e. The van der Waals surface area contributed by atoms with Crippen molar-refractivity contribution in [2.24, 2.45) is 0 Å². The van der Waals surface area contributed by atoms with E-state index >= 15 is 0 Å². The minimum atomic E-state index is -1.31. The molecular formula is C28H32N2O5. The molecule has 2 aromatic carbocycles. The predicted molar refractivity (Wildman–Crippen MR) is 133 cm³/mol. The summed E-state index contributed by atoms with van der Waals surface area (Å²) in [6.45, 7) is 3.80. The highest BCUT2D eigenvalue weighted by Crippen LogP contribution is 2.44. The summed E-state index contributed by atoms with van der Waals surface area (Å²) >= 11 is 0. The molecule has 2 amide bonds. The first-order valence-electron chi connectivity index (χ1n) is 12.2. The number of alkyl carbamates (subject to hydrolysis) is 1. The smallest absolute Gasteiger partial charge is 0.407 e. The van der Waals surface area contributed by atoms with E-state index in [0.29, 0.717) is 12.8 Å². The third-order valence-corrected chi connectivity index (χ3v) is 7.08. The van der Waals surface area contributed by atoms with Crippen molar-refractivity contribution in [1.29, 1.82) is 0 Å². The van der Waals surface area contributed by atoms with E-state index in [0.717, 1.165) is 47.9 Å². The van der Waals surface area contributed by atoms with Gasteiger partial charge in [-0.05, 0) is 41.5 Å². The summed E-state index contributed by atoms with van der Waals surface area (Å²) in [6, 6.07) is 15.1. The van der Waals surface area contributed by atoms with Crippen molar-refractivity contribution in [3.8, 4) is 11.1 Å². The zero-order valence-electron chi connectivity index (χ0n) is 19.8. The fraction of sp³-hybridized carbons (Fsp3) is 0.393. The van der Waals surface area contributed by atoms with Gasteiger partial charge in [-0.3, -0.25) is 4.79 Å². The summed E-state index contributed by atoms with van der Waals surface area (Å²) in [5, 5.41) is 15.2. The van der Waals surface area contributed by atoms with E-state index in [1.807, 2.05) is 36.4 Å². The van der Waals surface area contributed by atoms with Gasteiger partial charge in [-0.1, -0.05) is 80.3 Å². The van der Waals surface area contributed by atoms with Gasteiger partial charge in [0.05, 0.1) is 0 Å². The van der Waals surface area contributed by atoms with Gasteiger partial charge in [-0.15, -0.1) is 6.58 Å². The van der Waals surface area contributed by atoms with E-state index in [1.165, 1.54) is 6.08 Å². The molecule has 7 nitrogen and oxygen atoms in total. The number of carboxylic acid groups (broad SMARTS) is 1. The lowest BCUT2D eigenvalue weighted by Gasteiger charge is -2.31. The molecule has 7 heteroatoms. The molecule has 2 aliphatic carbocycles. The number of carbonyl (C=O) groups excluding carboxylic acids is 2. The van der Waals surface area contributed by atoms with Crippen LogP contribution in [0.3, 0.4) is 0 Å². The molecule has 0 heterocycles. The number of hydrogen-bond donors (Lipinski definition) is 3. The third kappa shape index (κ3) is 5.24. The van der Waals surface area contributed by atoms with E-state index in [1.54, 1.807) is 0 Å². The molecule has 4 rings (SSSR count). The van der Waals surface area contributed by atoms with Gasteiger partial charge in [0.15, 0.2) is 0 Å². The van der Waals surface area contributed by atoms with Gasteiger partial charge in [0.1, 0.15) is 18.2 Å². The van der Waals surface area contributed by atoms with Crippen molar-refractivity contribution >= 4 is 18.0 Å². The SMILES string of the molecule is C=CCC(NC(=O)OCC1c2ccccc2-c2ccccc21)C(=O)NC1(C(=O)O)CCCCCC1. The molecule has 1 fully saturated rings. The number of carbonyl (C=O) groups is 3. The minimum Gasteiger partial charge on any atom is -0.480 e. The second kappa shape index (κ2) is 10.8. The highest BCUT2D eigenvalue weighted by Gasteiger charge is 2.41. The van der Waals surface area contributed by atoms with Crippen LogP contribution < -0.4 is 10.6 Å². The predicted octanol–water partition coefficient (Wildman–Crippen LogP) is 4.76. The van der Waals surface area contributed by atoms with Crippen LogP contribution in [0.25, 0.3) is 11.1 Å². The first-order valence-corrected chi connectivity index (χ1v) is 12.2. The highest BCUT2D eigenvalue weighted by molar-refractivity contribution is 5.91. The molecule has 0 bridgehead atoms. The molecule has 3 N–H and O–H groups in total. The Kier molecular flexibility index (Phi) is 7.54. The molecule has 184 valence electrons. The van der Waals surface area contributed by atoms with Crippen molar-refractivity contribution in [2.45, 2.75) is 62.4 Å². The molecular weight excluding hydrogens is 444 g/mol. The number of amides is 2. The van der Waals surface area contributed by atoms with Gasteiger partial charge in [0.25, 0.3) is 0 Å². The Morgan fingerprint density at radius 2 is 1.57 bits per heavy atom. The summed E-state index contributed by atoms with van der Waals surface area (Å²) in [5.74, 6) is -1.67. The molecule has 1 unspecified atom stereocenters. The van der Waals surface area contributed by atoms with Crippen molar-refractivity contribution < 1.29 is 24.2 Å². The molecule has 2 aliphatic rings. The Morgan fingerprint density at radius 3 is 2.11 bits per heavy atom. The van der Waals surface area contributed by atoms with Crippen LogP contribution in [-0.2, 0) is 14.3 Å². The van der Waals surface area contributed by atoms with Gasteiger partial charge >= 0.3 is 12.1 Å². The normalized spacial score (nSPS) is 17.3. The number of hydrogen-bond acceptors (Lipinski definition) is 4. The summed E-state index contributed by atoms with van der Waals surface area (Å²) < 4.78 is 5.57. The molecule has 1 saturated carbocycles. The Morgan fingerprint density at radius 1 is 1.00 bits per heavy atom. The number of nitrogens with one attached hydrogen (secondary N) is 2. The van der Waals surface area contributed by atoms with Crippen LogP contribution in [0.5, 0.6) is 0 Å². The zero-order chi connectivity index (χ0) is 24.8. The summed E-state index contributed by atoms with van der Waals surface area (Å²) in [4.78, 5) is 37.8. The van der Waals surface area contributed by atoms with Crippen molar-refractivity contribution in [3.05, 3.63) is 72.3 Å². The van der Waals surface area contributed by atoms with E-state index in [2.05, 4.69) is 29.3 Å². The molecule has 0 radical (unpaired) electrons. The summed E-state index contributed by atoms with van der Waals surface area (Å²) in [6.07, 6.45) is 5.06. The van der Waals surface area contributed by atoms with E-state index in [9.17, 15) is 19.5 Å². The van der Waals surface area contributed by atoms with Crippen LogP contribution in [-0.4, -0.2) is 41.3 Å². The molecule has 0 aliphatic heterocycles. The quantitative estimate of drug-likeness (QED) is 0.376. The van der Waals surface area contributed by atoms with Gasteiger partial charge in [0, 0.05) is 5.92 Å². The summed E-state index contributed by atoms with van der Waals surface area (Å²) in [5.41, 5.74) is 3.14. The maximum atomic E-state index is 13.1. The maximum absolute atomic E-state index is 13.1. The van der Waals surface area contributed by atoms with E-state index < -0.39 is 29.6 Å². The van der Waals surface area contributed by atoms with Crippen molar-refractivity contribution in [1.82, 2.24) is 10.6 Å². The molecule has 35 heavy (non-hydrogen) atoms. The largest absolute Gasteiger partial charge is 0.480 e. The number of benzene rings is 2. The van der Waals surface area contributed by atoms with Crippen LogP contribution in [0.1, 0.15) is 62.0 Å². The zero-order valence-corrected chi connectivity index (χ0v) is 19.8. The first kappa shape index (κ1) is 24.5. The Labute approximate surface area is 205 Å². The van der Waals surface area contributed by atoms with Gasteiger partial charge in [0.2, 0.25) is 5.91 Å². The molecule has 0 aromatic heterocycles. The molecule has 2 aromatic rings. The van der Waals surface area contributed by atoms with Crippen LogP contribution in [0.4, 0.5) is 4.79 Å². The fourth-order valence-electron chi connectivity index (χ4n) is 5.23. The average molecular weight is 477 g/mol. The standard InChI is InChI=1S/C28H32N2O5/c1-2-11-24(25(31)30-28(26(32)33)16-9-3-4-10-17-28)29-27(34)35-18-23-21-14-7-5-12-19(21)20-13-6-8-15-22(20)23/h2,5-8,12-15,23-24H,1,3-4,9-11,16-18H2,(H,29,34)(H,30,31)(H,32,33).